The van der Waals surface area contributed by atoms with E-state index in [-0.39, 0.29) is 17.4 Å². The van der Waals surface area contributed by atoms with Gasteiger partial charge in [0.05, 0.1) is 10.6 Å². The van der Waals surface area contributed by atoms with Crippen LogP contribution in [-0.4, -0.2) is 22.7 Å². The first-order valence-electron chi connectivity index (χ1n) is 6.21. The molecule has 0 aliphatic heterocycles. The molecule has 0 fully saturated rings. The zero-order valence-corrected chi connectivity index (χ0v) is 13.3. The first kappa shape index (κ1) is 15.7. The van der Waals surface area contributed by atoms with Gasteiger partial charge >= 0.3 is 0 Å². The van der Waals surface area contributed by atoms with Crippen molar-refractivity contribution in [3.8, 4) is 11.5 Å². The number of amides is 1. The highest BCUT2D eigenvalue weighted by Gasteiger charge is 2.10. The Hall–Kier alpha value is -1.72. The van der Waals surface area contributed by atoms with Crippen LogP contribution in [-0.2, 0) is 6.42 Å². The monoisotopic (exact) mass is 369 g/mol. The van der Waals surface area contributed by atoms with E-state index in [1.54, 1.807) is 24.3 Å². The van der Waals surface area contributed by atoms with E-state index in [9.17, 15) is 15.0 Å². The van der Waals surface area contributed by atoms with Crippen LogP contribution < -0.4 is 5.32 Å². The van der Waals surface area contributed by atoms with Gasteiger partial charge < -0.3 is 15.5 Å². The maximum Gasteiger partial charge on any atom is 0.252 e. The molecule has 0 heterocycles. The zero-order chi connectivity index (χ0) is 15.4. The number of nitrogens with one attached hydrogen (secondary N) is 1. The number of carbonyl (C=O) groups is 1. The van der Waals surface area contributed by atoms with Crippen molar-refractivity contribution in [3.63, 3.8) is 0 Å². The maximum absolute atomic E-state index is 12.0. The Balaban J connectivity index is 1.95. The molecular weight excluding hydrogens is 358 g/mol. The van der Waals surface area contributed by atoms with Crippen molar-refractivity contribution in [2.75, 3.05) is 6.54 Å². The van der Waals surface area contributed by atoms with Gasteiger partial charge in [0.25, 0.3) is 5.91 Å². The molecule has 0 atom stereocenters. The lowest BCUT2D eigenvalue weighted by molar-refractivity contribution is 0.0954. The van der Waals surface area contributed by atoms with Crippen molar-refractivity contribution in [2.24, 2.45) is 0 Å². The molecule has 0 aliphatic carbocycles. The van der Waals surface area contributed by atoms with Crippen LogP contribution in [0.4, 0.5) is 0 Å². The predicted octanol–water partition coefficient (Wildman–Crippen LogP) is 3.49. The Morgan fingerprint density at radius 3 is 2.62 bits per heavy atom. The number of hydrogen-bond acceptors (Lipinski definition) is 3. The summed E-state index contributed by atoms with van der Waals surface area (Å²) in [6.07, 6.45) is 0.533. The third kappa shape index (κ3) is 4.12. The summed E-state index contributed by atoms with van der Waals surface area (Å²) < 4.78 is 0.778. The van der Waals surface area contributed by atoms with Crippen molar-refractivity contribution in [2.45, 2.75) is 6.42 Å². The molecule has 0 unspecified atom stereocenters. The van der Waals surface area contributed by atoms with Gasteiger partial charge in [0.1, 0.15) is 0 Å². The highest BCUT2D eigenvalue weighted by Crippen LogP contribution is 2.25. The van der Waals surface area contributed by atoms with Gasteiger partial charge in [-0.15, -0.1) is 0 Å². The zero-order valence-electron chi connectivity index (χ0n) is 10.9. The van der Waals surface area contributed by atoms with Gasteiger partial charge in [-0.25, -0.2) is 0 Å². The SMILES string of the molecule is O=C(NCCc1ccc(O)c(O)c1)c1cc(Br)ccc1Cl. The number of carbonyl (C=O) groups excluding carboxylic acids is 1. The summed E-state index contributed by atoms with van der Waals surface area (Å²) in [6, 6.07) is 9.64. The molecule has 2 aromatic carbocycles. The lowest BCUT2D eigenvalue weighted by Gasteiger charge is -2.08. The summed E-state index contributed by atoms with van der Waals surface area (Å²) in [4.78, 5) is 12.0. The van der Waals surface area contributed by atoms with Gasteiger partial charge in [-0.2, -0.15) is 0 Å². The molecule has 2 aromatic rings. The van der Waals surface area contributed by atoms with E-state index in [0.717, 1.165) is 10.0 Å². The average Bonchev–Trinajstić information content (AvgIpc) is 2.45. The van der Waals surface area contributed by atoms with Gasteiger partial charge in [-0.05, 0) is 42.3 Å². The fourth-order valence-electron chi connectivity index (χ4n) is 1.81. The topological polar surface area (TPSA) is 69.6 Å². The van der Waals surface area contributed by atoms with Crippen LogP contribution in [0.15, 0.2) is 40.9 Å². The van der Waals surface area contributed by atoms with Crippen molar-refractivity contribution in [3.05, 3.63) is 57.0 Å². The number of aromatic hydroxyl groups is 2. The van der Waals surface area contributed by atoms with Gasteiger partial charge in [0.2, 0.25) is 0 Å². The molecule has 110 valence electrons. The van der Waals surface area contributed by atoms with E-state index < -0.39 is 0 Å². The molecule has 0 aliphatic rings. The highest BCUT2D eigenvalue weighted by molar-refractivity contribution is 9.10. The number of phenolic OH excluding ortho intramolecular Hbond substituents is 2. The second-order valence-corrected chi connectivity index (χ2v) is 5.78. The standard InChI is InChI=1S/C15H13BrClNO3/c16-10-2-3-12(17)11(8-10)15(21)18-6-5-9-1-4-13(19)14(20)7-9/h1-4,7-8,19-20H,5-6H2,(H,18,21). The minimum Gasteiger partial charge on any atom is -0.504 e. The Kier molecular flexibility index (Phi) is 5.09. The summed E-state index contributed by atoms with van der Waals surface area (Å²) in [5, 5.41) is 21.8. The Morgan fingerprint density at radius 1 is 1.14 bits per heavy atom. The number of hydrogen-bond donors (Lipinski definition) is 3. The summed E-state index contributed by atoms with van der Waals surface area (Å²) in [5.74, 6) is -0.595. The second-order valence-electron chi connectivity index (χ2n) is 4.45. The van der Waals surface area contributed by atoms with Gasteiger partial charge in [0.15, 0.2) is 11.5 Å². The summed E-state index contributed by atoms with van der Waals surface area (Å²) >= 11 is 9.28. The molecule has 3 N–H and O–H groups in total. The van der Waals surface area contributed by atoms with Crippen LogP contribution >= 0.6 is 27.5 Å². The van der Waals surface area contributed by atoms with E-state index in [1.165, 1.54) is 12.1 Å². The molecule has 0 radical (unpaired) electrons. The Labute approximate surface area is 135 Å². The minimum absolute atomic E-state index is 0.163. The number of rotatable bonds is 4. The molecule has 0 saturated heterocycles. The van der Waals surface area contributed by atoms with Crippen molar-refractivity contribution < 1.29 is 15.0 Å². The fraction of sp³-hybridized carbons (Fsp3) is 0.133. The molecule has 2 rings (SSSR count). The van der Waals surface area contributed by atoms with E-state index in [0.29, 0.717) is 23.6 Å². The minimum atomic E-state index is -0.260. The molecule has 21 heavy (non-hydrogen) atoms. The third-order valence-electron chi connectivity index (χ3n) is 2.91. The largest absolute Gasteiger partial charge is 0.504 e. The second kappa shape index (κ2) is 6.83. The fourth-order valence-corrected chi connectivity index (χ4v) is 2.38. The van der Waals surface area contributed by atoms with Crippen LogP contribution in [0, 0.1) is 0 Å². The van der Waals surface area contributed by atoms with Crippen molar-refractivity contribution >= 4 is 33.4 Å². The molecule has 4 nitrogen and oxygen atoms in total. The normalized spacial score (nSPS) is 10.4. The van der Waals surface area contributed by atoms with E-state index >= 15 is 0 Å². The van der Waals surface area contributed by atoms with Crippen LogP contribution in [0.3, 0.4) is 0 Å². The third-order valence-corrected chi connectivity index (χ3v) is 3.73. The molecule has 0 spiro atoms. The predicted molar refractivity (Wildman–Crippen MR) is 85.0 cm³/mol. The Morgan fingerprint density at radius 2 is 1.90 bits per heavy atom. The van der Waals surface area contributed by atoms with E-state index in [1.807, 2.05) is 0 Å². The number of halogens is 2. The lowest BCUT2D eigenvalue weighted by Crippen LogP contribution is -2.26. The smallest absolute Gasteiger partial charge is 0.252 e. The Bertz CT molecular complexity index is 676. The lowest BCUT2D eigenvalue weighted by atomic mass is 10.1. The molecule has 0 bridgehead atoms. The molecule has 0 aromatic heterocycles. The molecule has 0 saturated carbocycles. The van der Waals surface area contributed by atoms with Gasteiger partial charge in [-0.3, -0.25) is 4.79 Å². The summed E-state index contributed by atoms with van der Waals surface area (Å²) in [5.41, 5.74) is 1.21. The molecule has 6 heteroatoms. The van der Waals surface area contributed by atoms with E-state index in [2.05, 4.69) is 21.2 Å². The summed E-state index contributed by atoms with van der Waals surface area (Å²) in [7, 11) is 0. The van der Waals surface area contributed by atoms with E-state index in [4.69, 9.17) is 11.6 Å². The van der Waals surface area contributed by atoms with Crippen molar-refractivity contribution in [1.82, 2.24) is 5.32 Å². The van der Waals surface area contributed by atoms with Gasteiger partial charge in [0, 0.05) is 11.0 Å². The first-order valence-corrected chi connectivity index (χ1v) is 7.38. The highest BCUT2D eigenvalue weighted by atomic mass is 79.9. The van der Waals surface area contributed by atoms with Crippen LogP contribution in [0.5, 0.6) is 11.5 Å². The van der Waals surface area contributed by atoms with Crippen molar-refractivity contribution in [1.29, 1.82) is 0 Å². The van der Waals surface area contributed by atoms with Gasteiger partial charge in [-0.1, -0.05) is 33.6 Å². The number of phenols is 2. The molecule has 1 amide bonds. The van der Waals surface area contributed by atoms with Crippen LogP contribution in [0.2, 0.25) is 5.02 Å². The average molecular weight is 371 g/mol. The summed E-state index contributed by atoms with van der Waals surface area (Å²) in [6.45, 7) is 0.395. The molecular formula is C15H13BrClNO3. The quantitative estimate of drug-likeness (QED) is 0.722. The first-order chi connectivity index (χ1) is 9.97. The van der Waals surface area contributed by atoms with Crippen LogP contribution in [0.25, 0.3) is 0 Å². The number of benzene rings is 2. The van der Waals surface area contributed by atoms with Crippen LogP contribution in [0.1, 0.15) is 15.9 Å². The maximum atomic E-state index is 12.0.